The lowest BCUT2D eigenvalue weighted by Gasteiger charge is -2.10. The molecule has 94 valence electrons. The maximum absolute atomic E-state index is 3.51. The summed E-state index contributed by atoms with van der Waals surface area (Å²) in [6.45, 7) is 0.827. The first kappa shape index (κ1) is 12.2. The second-order valence-corrected chi connectivity index (χ2v) is 5.43. The molecule has 0 spiro atoms. The molecular weight excluding hydrogens is 298 g/mol. The van der Waals surface area contributed by atoms with E-state index in [1.54, 1.807) is 0 Å². The summed E-state index contributed by atoms with van der Waals surface area (Å²) >= 11 is 3.50. The molecule has 19 heavy (non-hydrogen) atoms. The van der Waals surface area contributed by atoms with Gasteiger partial charge in [-0.25, -0.2) is 0 Å². The molecule has 0 bridgehead atoms. The Hall–Kier alpha value is -1.80. The highest BCUT2D eigenvalue weighted by Crippen LogP contribution is 2.23. The summed E-state index contributed by atoms with van der Waals surface area (Å²) in [7, 11) is 0. The Labute approximate surface area is 121 Å². The molecule has 3 rings (SSSR count). The van der Waals surface area contributed by atoms with Gasteiger partial charge in [0, 0.05) is 22.1 Å². The van der Waals surface area contributed by atoms with Crippen LogP contribution in [-0.2, 0) is 6.54 Å². The fraction of sp³-hybridized carbons (Fsp3) is 0.0588. The van der Waals surface area contributed by atoms with Crippen LogP contribution < -0.4 is 5.32 Å². The Morgan fingerprint density at radius 2 is 1.63 bits per heavy atom. The molecule has 2 heteroatoms. The molecule has 3 aromatic carbocycles. The number of anilines is 1. The smallest absolute Gasteiger partial charge is 0.0422 e. The van der Waals surface area contributed by atoms with Crippen molar-refractivity contribution >= 4 is 32.4 Å². The van der Waals surface area contributed by atoms with Gasteiger partial charge >= 0.3 is 0 Å². The van der Waals surface area contributed by atoms with Gasteiger partial charge in [-0.2, -0.15) is 0 Å². The molecule has 0 aliphatic carbocycles. The van der Waals surface area contributed by atoms with E-state index in [9.17, 15) is 0 Å². The number of halogens is 1. The van der Waals surface area contributed by atoms with Crippen molar-refractivity contribution in [1.82, 2.24) is 0 Å². The number of rotatable bonds is 3. The van der Waals surface area contributed by atoms with Gasteiger partial charge in [-0.1, -0.05) is 64.5 Å². The van der Waals surface area contributed by atoms with E-state index < -0.39 is 0 Å². The van der Waals surface area contributed by atoms with Gasteiger partial charge in [0.05, 0.1) is 0 Å². The fourth-order valence-electron chi connectivity index (χ4n) is 2.22. The lowest BCUT2D eigenvalue weighted by molar-refractivity contribution is 1.15. The van der Waals surface area contributed by atoms with Crippen LogP contribution in [0.4, 0.5) is 5.69 Å². The van der Waals surface area contributed by atoms with Gasteiger partial charge in [0.2, 0.25) is 0 Å². The minimum absolute atomic E-state index is 0.827. The highest BCUT2D eigenvalue weighted by atomic mass is 79.9. The van der Waals surface area contributed by atoms with E-state index in [1.807, 2.05) is 6.07 Å². The molecule has 0 amide bonds. The van der Waals surface area contributed by atoms with Gasteiger partial charge in [-0.15, -0.1) is 0 Å². The molecule has 0 unspecified atom stereocenters. The Balaban J connectivity index is 1.86. The maximum atomic E-state index is 3.51. The number of hydrogen-bond donors (Lipinski definition) is 1. The average Bonchev–Trinajstić information content (AvgIpc) is 2.45. The zero-order valence-corrected chi connectivity index (χ0v) is 12.0. The van der Waals surface area contributed by atoms with Gasteiger partial charge in [0.1, 0.15) is 0 Å². The summed E-state index contributed by atoms with van der Waals surface area (Å²) in [5.41, 5.74) is 2.44. The van der Waals surface area contributed by atoms with Crippen molar-refractivity contribution in [1.29, 1.82) is 0 Å². The number of benzene rings is 3. The third kappa shape index (κ3) is 2.79. The van der Waals surface area contributed by atoms with E-state index >= 15 is 0 Å². The minimum Gasteiger partial charge on any atom is -0.380 e. The summed E-state index contributed by atoms with van der Waals surface area (Å²) < 4.78 is 1.12. The second-order valence-electron chi connectivity index (χ2n) is 4.51. The standard InChI is InChI=1S/C17H14BrN/c18-15-8-3-5-13(11-15)12-19-17-10-4-7-14-6-1-2-9-16(14)17/h1-11,19H,12H2. The van der Waals surface area contributed by atoms with E-state index in [2.05, 4.69) is 81.9 Å². The van der Waals surface area contributed by atoms with Crippen molar-refractivity contribution in [2.24, 2.45) is 0 Å². The summed E-state index contributed by atoms with van der Waals surface area (Å²) in [6, 6.07) is 23.2. The first-order valence-electron chi connectivity index (χ1n) is 6.29. The van der Waals surface area contributed by atoms with Crippen LogP contribution in [0, 0.1) is 0 Å². The molecule has 0 aliphatic rings. The highest BCUT2D eigenvalue weighted by molar-refractivity contribution is 9.10. The van der Waals surface area contributed by atoms with Gasteiger partial charge in [0.25, 0.3) is 0 Å². The number of fused-ring (bicyclic) bond motifs is 1. The lowest BCUT2D eigenvalue weighted by Crippen LogP contribution is -1.99. The lowest BCUT2D eigenvalue weighted by atomic mass is 10.1. The van der Waals surface area contributed by atoms with E-state index in [0.717, 1.165) is 11.0 Å². The summed E-state index contributed by atoms with van der Waals surface area (Å²) in [6.07, 6.45) is 0. The summed E-state index contributed by atoms with van der Waals surface area (Å²) in [5, 5.41) is 6.04. The van der Waals surface area contributed by atoms with Crippen molar-refractivity contribution in [2.45, 2.75) is 6.54 Å². The highest BCUT2D eigenvalue weighted by Gasteiger charge is 2.00. The molecule has 0 saturated heterocycles. The SMILES string of the molecule is Brc1cccc(CNc2cccc3ccccc23)c1. The van der Waals surface area contributed by atoms with Crippen molar-refractivity contribution < 1.29 is 0 Å². The Kier molecular flexibility index (Phi) is 3.51. The third-order valence-electron chi connectivity index (χ3n) is 3.16. The van der Waals surface area contributed by atoms with Crippen LogP contribution in [0.3, 0.4) is 0 Å². The Morgan fingerprint density at radius 3 is 2.53 bits per heavy atom. The van der Waals surface area contributed by atoms with Crippen LogP contribution in [-0.4, -0.2) is 0 Å². The third-order valence-corrected chi connectivity index (χ3v) is 3.65. The van der Waals surface area contributed by atoms with E-state index in [0.29, 0.717) is 0 Å². The van der Waals surface area contributed by atoms with Gasteiger partial charge in [-0.3, -0.25) is 0 Å². The summed E-state index contributed by atoms with van der Waals surface area (Å²) in [5.74, 6) is 0. The zero-order valence-electron chi connectivity index (χ0n) is 10.4. The molecule has 0 radical (unpaired) electrons. The monoisotopic (exact) mass is 311 g/mol. The normalized spacial score (nSPS) is 10.6. The molecule has 0 saturated carbocycles. The topological polar surface area (TPSA) is 12.0 Å². The molecule has 0 fully saturated rings. The zero-order chi connectivity index (χ0) is 13.1. The number of nitrogens with one attached hydrogen (secondary N) is 1. The fourth-order valence-corrected chi connectivity index (χ4v) is 2.67. The average molecular weight is 312 g/mol. The van der Waals surface area contributed by atoms with Crippen molar-refractivity contribution in [3.63, 3.8) is 0 Å². The van der Waals surface area contributed by atoms with Gasteiger partial charge in [-0.05, 0) is 29.1 Å². The molecule has 0 aliphatic heterocycles. The van der Waals surface area contributed by atoms with Crippen molar-refractivity contribution in [3.8, 4) is 0 Å². The largest absolute Gasteiger partial charge is 0.380 e. The van der Waals surface area contributed by atoms with E-state index in [-0.39, 0.29) is 0 Å². The van der Waals surface area contributed by atoms with Crippen LogP contribution in [0.25, 0.3) is 10.8 Å². The molecule has 3 aromatic rings. The maximum Gasteiger partial charge on any atom is 0.0422 e. The predicted octanol–water partition coefficient (Wildman–Crippen LogP) is 5.21. The predicted molar refractivity (Wildman–Crippen MR) is 85.4 cm³/mol. The molecule has 1 N–H and O–H groups in total. The van der Waals surface area contributed by atoms with Gasteiger partial charge < -0.3 is 5.32 Å². The van der Waals surface area contributed by atoms with Crippen LogP contribution in [0.15, 0.2) is 71.2 Å². The second kappa shape index (κ2) is 5.45. The molecule has 0 atom stereocenters. The van der Waals surface area contributed by atoms with E-state index in [4.69, 9.17) is 0 Å². The quantitative estimate of drug-likeness (QED) is 0.699. The van der Waals surface area contributed by atoms with Crippen LogP contribution >= 0.6 is 15.9 Å². The molecule has 0 heterocycles. The molecule has 1 nitrogen and oxygen atoms in total. The van der Waals surface area contributed by atoms with Crippen LogP contribution in [0.1, 0.15) is 5.56 Å². The van der Waals surface area contributed by atoms with Gasteiger partial charge in [0.15, 0.2) is 0 Å². The van der Waals surface area contributed by atoms with Crippen molar-refractivity contribution in [2.75, 3.05) is 5.32 Å². The Morgan fingerprint density at radius 1 is 0.842 bits per heavy atom. The first-order valence-corrected chi connectivity index (χ1v) is 7.08. The summed E-state index contributed by atoms with van der Waals surface area (Å²) in [4.78, 5) is 0. The minimum atomic E-state index is 0.827. The van der Waals surface area contributed by atoms with Crippen LogP contribution in [0.5, 0.6) is 0 Å². The molecule has 0 aromatic heterocycles. The van der Waals surface area contributed by atoms with Crippen LogP contribution in [0.2, 0.25) is 0 Å². The van der Waals surface area contributed by atoms with E-state index in [1.165, 1.54) is 22.0 Å². The number of hydrogen-bond acceptors (Lipinski definition) is 1. The first-order chi connectivity index (χ1) is 9.33. The molecular formula is C17H14BrN. The van der Waals surface area contributed by atoms with Crippen molar-refractivity contribution in [3.05, 3.63) is 76.8 Å². The Bertz CT molecular complexity index is 701.